The summed E-state index contributed by atoms with van der Waals surface area (Å²) in [7, 11) is 1.41. The molecule has 92 valence electrons. The van der Waals surface area contributed by atoms with Gasteiger partial charge in [-0.1, -0.05) is 18.2 Å². The Bertz CT molecular complexity index is 405. The number of phenolic OH excluding ortho intramolecular Hbond substituents is 1. The molecular weight excluding hydrogens is 218 g/mol. The normalized spacial score (nSPS) is 24.3. The summed E-state index contributed by atoms with van der Waals surface area (Å²) >= 11 is 0. The molecule has 0 radical (unpaired) electrons. The Morgan fingerprint density at radius 3 is 2.94 bits per heavy atom. The first kappa shape index (κ1) is 11.9. The fraction of sp³-hybridized carbons (Fsp3) is 0.462. The van der Waals surface area contributed by atoms with E-state index in [9.17, 15) is 9.90 Å². The number of piperidine rings is 1. The predicted molar refractivity (Wildman–Crippen MR) is 63.8 cm³/mol. The van der Waals surface area contributed by atoms with E-state index in [0.29, 0.717) is 6.54 Å². The minimum absolute atomic E-state index is 0.0163. The highest BCUT2D eigenvalue weighted by molar-refractivity contribution is 5.74. The smallest absolute Gasteiger partial charge is 0.309 e. The van der Waals surface area contributed by atoms with Crippen LogP contribution in [0, 0.1) is 5.92 Å². The van der Waals surface area contributed by atoms with Crippen LogP contribution in [0.2, 0.25) is 0 Å². The molecule has 0 saturated carbocycles. The van der Waals surface area contributed by atoms with Gasteiger partial charge in [-0.3, -0.25) is 4.79 Å². The Morgan fingerprint density at radius 1 is 1.47 bits per heavy atom. The largest absolute Gasteiger partial charge is 0.508 e. The number of phenols is 1. The average molecular weight is 235 g/mol. The van der Waals surface area contributed by atoms with Crippen LogP contribution < -0.4 is 5.32 Å². The fourth-order valence-corrected chi connectivity index (χ4v) is 2.42. The molecule has 2 rings (SSSR count). The Kier molecular flexibility index (Phi) is 3.64. The average Bonchev–Trinajstić information content (AvgIpc) is 2.38. The molecule has 17 heavy (non-hydrogen) atoms. The molecule has 0 bridgehead atoms. The maximum Gasteiger partial charge on any atom is 0.309 e. The number of hydrogen-bond acceptors (Lipinski definition) is 4. The highest BCUT2D eigenvalue weighted by atomic mass is 16.5. The van der Waals surface area contributed by atoms with Gasteiger partial charge >= 0.3 is 5.97 Å². The van der Waals surface area contributed by atoms with Crippen LogP contribution >= 0.6 is 0 Å². The van der Waals surface area contributed by atoms with Gasteiger partial charge in [-0.05, 0) is 24.6 Å². The quantitative estimate of drug-likeness (QED) is 0.758. The SMILES string of the molecule is COC(=O)C1CCNCC1c1ccccc1O. The minimum atomic E-state index is -0.195. The van der Waals surface area contributed by atoms with Crippen LogP contribution in [0.5, 0.6) is 5.75 Å². The third-order valence-electron chi connectivity index (χ3n) is 3.32. The van der Waals surface area contributed by atoms with E-state index in [1.54, 1.807) is 12.1 Å². The van der Waals surface area contributed by atoms with E-state index in [0.717, 1.165) is 18.5 Å². The molecule has 1 heterocycles. The van der Waals surface area contributed by atoms with Gasteiger partial charge in [0.2, 0.25) is 0 Å². The van der Waals surface area contributed by atoms with Crippen molar-refractivity contribution in [2.45, 2.75) is 12.3 Å². The molecule has 2 N–H and O–H groups in total. The Labute approximate surface area is 101 Å². The molecule has 0 aliphatic carbocycles. The number of aromatic hydroxyl groups is 1. The molecule has 2 atom stereocenters. The number of carbonyl (C=O) groups is 1. The molecule has 4 nitrogen and oxygen atoms in total. The number of benzene rings is 1. The zero-order valence-electron chi connectivity index (χ0n) is 9.85. The summed E-state index contributed by atoms with van der Waals surface area (Å²) in [6.45, 7) is 1.50. The minimum Gasteiger partial charge on any atom is -0.508 e. The third-order valence-corrected chi connectivity index (χ3v) is 3.32. The van der Waals surface area contributed by atoms with E-state index in [-0.39, 0.29) is 23.6 Å². The molecular formula is C13H17NO3. The van der Waals surface area contributed by atoms with Gasteiger partial charge in [0.05, 0.1) is 13.0 Å². The number of methoxy groups -OCH3 is 1. The lowest BCUT2D eigenvalue weighted by molar-refractivity contribution is -0.147. The van der Waals surface area contributed by atoms with Crippen LogP contribution in [0.1, 0.15) is 17.9 Å². The van der Waals surface area contributed by atoms with E-state index in [1.165, 1.54) is 7.11 Å². The van der Waals surface area contributed by atoms with Crippen molar-refractivity contribution >= 4 is 5.97 Å². The van der Waals surface area contributed by atoms with Crippen molar-refractivity contribution in [2.75, 3.05) is 20.2 Å². The second-order valence-corrected chi connectivity index (χ2v) is 4.29. The monoisotopic (exact) mass is 235 g/mol. The molecule has 0 amide bonds. The number of para-hydroxylation sites is 1. The third kappa shape index (κ3) is 2.42. The van der Waals surface area contributed by atoms with Crippen molar-refractivity contribution in [2.24, 2.45) is 5.92 Å². The molecule has 1 saturated heterocycles. The van der Waals surface area contributed by atoms with E-state index in [1.807, 2.05) is 12.1 Å². The number of ether oxygens (including phenoxy) is 1. The summed E-state index contributed by atoms with van der Waals surface area (Å²) in [5.74, 6) is -0.137. The first-order valence-corrected chi connectivity index (χ1v) is 5.80. The second kappa shape index (κ2) is 5.19. The van der Waals surface area contributed by atoms with Crippen LogP contribution in [-0.4, -0.2) is 31.3 Å². The number of rotatable bonds is 2. The van der Waals surface area contributed by atoms with Gasteiger partial charge in [-0.15, -0.1) is 0 Å². The second-order valence-electron chi connectivity index (χ2n) is 4.29. The van der Waals surface area contributed by atoms with Crippen LogP contribution in [0.4, 0.5) is 0 Å². The summed E-state index contributed by atoms with van der Waals surface area (Å²) in [6, 6.07) is 7.17. The van der Waals surface area contributed by atoms with Gasteiger partial charge in [0.25, 0.3) is 0 Å². The molecule has 1 aliphatic heterocycles. The molecule has 0 spiro atoms. The maximum atomic E-state index is 11.7. The number of hydrogen-bond donors (Lipinski definition) is 2. The van der Waals surface area contributed by atoms with E-state index >= 15 is 0 Å². The lowest BCUT2D eigenvalue weighted by Crippen LogP contribution is -2.39. The Hall–Kier alpha value is -1.55. The molecule has 1 aliphatic rings. The predicted octanol–water partition coefficient (Wildman–Crippen LogP) is 1.26. The van der Waals surface area contributed by atoms with Crippen molar-refractivity contribution in [3.8, 4) is 5.75 Å². The highest BCUT2D eigenvalue weighted by Gasteiger charge is 2.33. The van der Waals surface area contributed by atoms with Crippen molar-refractivity contribution in [3.63, 3.8) is 0 Å². The molecule has 4 heteroatoms. The lowest BCUT2D eigenvalue weighted by atomic mass is 9.81. The molecule has 0 aromatic heterocycles. The summed E-state index contributed by atoms with van der Waals surface area (Å²) in [4.78, 5) is 11.7. The highest BCUT2D eigenvalue weighted by Crippen LogP contribution is 2.34. The molecule has 1 aromatic rings. The van der Waals surface area contributed by atoms with Crippen molar-refractivity contribution in [1.29, 1.82) is 0 Å². The molecule has 2 unspecified atom stereocenters. The van der Waals surface area contributed by atoms with E-state index in [2.05, 4.69) is 5.32 Å². The number of esters is 1. The Morgan fingerprint density at radius 2 is 2.24 bits per heavy atom. The maximum absolute atomic E-state index is 11.7. The van der Waals surface area contributed by atoms with Gasteiger partial charge < -0.3 is 15.2 Å². The zero-order valence-corrected chi connectivity index (χ0v) is 9.85. The van der Waals surface area contributed by atoms with E-state index < -0.39 is 0 Å². The van der Waals surface area contributed by atoms with Crippen LogP contribution in [0.3, 0.4) is 0 Å². The lowest BCUT2D eigenvalue weighted by Gasteiger charge is -2.30. The van der Waals surface area contributed by atoms with Crippen molar-refractivity contribution in [3.05, 3.63) is 29.8 Å². The van der Waals surface area contributed by atoms with Gasteiger partial charge in [0, 0.05) is 12.5 Å². The summed E-state index contributed by atoms with van der Waals surface area (Å²) in [6.07, 6.45) is 0.742. The van der Waals surface area contributed by atoms with Gasteiger partial charge in [0.15, 0.2) is 0 Å². The summed E-state index contributed by atoms with van der Waals surface area (Å²) in [5.41, 5.74) is 0.815. The van der Waals surface area contributed by atoms with Crippen molar-refractivity contribution in [1.82, 2.24) is 5.32 Å². The molecule has 1 fully saturated rings. The van der Waals surface area contributed by atoms with Gasteiger partial charge in [-0.2, -0.15) is 0 Å². The number of nitrogens with one attached hydrogen (secondary N) is 1. The van der Waals surface area contributed by atoms with Crippen molar-refractivity contribution < 1.29 is 14.6 Å². The fourth-order valence-electron chi connectivity index (χ4n) is 2.42. The van der Waals surface area contributed by atoms with Crippen LogP contribution in [0.15, 0.2) is 24.3 Å². The standard InChI is InChI=1S/C13H17NO3/c1-17-13(16)10-6-7-14-8-11(10)9-4-2-3-5-12(9)15/h2-5,10-11,14-15H,6-8H2,1H3. The van der Waals surface area contributed by atoms with Gasteiger partial charge in [-0.25, -0.2) is 0 Å². The van der Waals surface area contributed by atoms with E-state index in [4.69, 9.17) is 4.74 Å². The number of carbonyl (C=O) groups excluding carboxylic acids is 1. The van der Waals surface area contributed by atoms with Crippen LogP contribution in [-0.2, 0) is 9.53 Å². The topological polar surface area (TPSA) is 58.6 Å². The first-order valence-electron chi connectivity index (χ1n) is 5.80. The molecule has 1 aromatic carbocycles. The zero-order chi connectivity index (χ0) is 12.3. The summed E-state index contributed by atoms with van der Waals surface area (Å²) in [5, 5.41) is 13.1. The van der Waals surface area contributed by atoms with Gasteiger partial charge in [0.1, 0.15) is 5.75 Å². The summed E-state index contributed by atoms with van der Waals surface area (Å²) < 4.78 is 4.83. The van der Waals surface area contributed by atoms with Crippen LogP contribution in [0.25, 0.3) is 0 Å². The Balaban J connectivity index is 2.28. The first-order chi connectivity index (χ1) is 8.24.